The molecule has 0 unspecified atom stereocenters. The van der Waals surface area contributed by atoms with Gasteiger partial charge in [-0.1, -0.05) is 44.2 Å². The van der Waals surface area contributed by atoms with Crippen LogP contribution in [0.3, 0.4) is 0 Å². The molecule has 0 bridgehead atoms. The Labute approximate surface area is 168 Å². The monoisotopic (exact) mass is 401 g/mol. The number of carbonyl (C=O) groups is 3. The first-order chi connectivity index (χ1) is 13.4. The number of rotatable bonds is 8. The molecule has 2 rings (SSSR count). The predicted octanol–water partition coefficient (Wildman–Crippen LogP) is 4.24. The molecule has 0 aliphatic rings. The maximum absolute atomic E-state index is 12.1. The molecule has 6 nitrogen and oxygen atoms in total. The van der Waals surface area contributed by atoms with E-state index in [2.05, 4.69) is 5.32 Å². The van der Waals surface area contributed by atoms with E-state index in [0.717, 1.165) is 10.4 Å². The van der Waals surface area contributed by atoms with E-state index in [1.54, 1.807) is 19.1 Å². The highest BCUT2D eigenvalue weighted by Crippen LogP contribution is 2.33. The highest BCUT2D eigenvalue weighted by atomic mass is 32.1. The number of hydrogen-bond donors (Lipinski definition) is 1. The van der Waals surface area contributed by atoms with Gasteiger partial charge in [-0.3, -0.25) is 4.79 Å². The lowest BCUT2D eigenvalue weighted by Crippen LogP contribution is -2.20. The topological polar surface area (TPSA) is 81.7 Å². The molecule has 0 saturated heterocycles. The van der Waals surface area contributed by atoms with E-state index < -0.39 is 24.5 Å². The molecule has 1 aromatic carbocycles. The van der Waals surface area contributed by atoms with Crippen molar-refractivity contribution >= 4 is 40.3 Å². The van der Waals surface area contributed by atoms with Gasteiger partial charge in [0.05, 0.1) is 12.2 Å². The van der Waals surface area contributed by atoms with Crippen LogP contribution in [0.5, 0.6) is 0 Å². The first kappa shape index (κ1) is 21.4. The van der Waals surface area contributed by atoms with E-state index in [-0.39, 0.29) is 12.5 Å². The third-order valence-electron chi connectivity index (χ3n) is 3.63. The molecule has 0 spiro atoms. The summed E-state index contributed by atoms with van der Waals surface area (Å²) >= 11 is 1.30. The van der Waals surface area contributed by atoms with Crippen molar-refractivity contribution in [1.29, 1.82) is 0 Å². The second kappa shape index (κ2) is 10.4. The first-order valence-electron chi connectivity index (χ1n) is 8.91. The fraction of sp³-hybridized carbons (Fsp3) is 0.286. The third kappa shape index (κ3) is 6.35. The van der Waals surface area contributed by atoms with Gasteiger partial charge in [-0.25, -0.2) is 9.59 Å². The maximum Gasteiger partial charge on any atom is 0.341 e. The second-order valence-corrected chi connectivity index (χ2v) is 7.25. The molecule has 2 aromatic rings. The molecule has 1 heterocycles. The largest absolute Gasteiger partial charge is 0.462 e. The number of anilines is 1. The Balaban J connectivity index is 1.95. The molecule has 1 amide bonds. The molecule has 0 aliphatic carbocycles. The lowest BCUT2D eigenvalue weighted by molar-refractivity contribution is -0.142. The average molecular weight is 401 g/mol. The van der Waals surface area contributed by atoms with Gasteiger partial charge in [-0.2, -0.15) is 0 Å². The maximum atomic E-state index is 12.1. The lowest BCUT2D eigenvalue weighted by atomic mass is 10.1. The molecule has 7 heteroatoms. The predicted molar refractivity (Wildman–Crippen MR) is 109 cm³/mol. The molecule has 0 saturated carbocycles. The Morgan fingerprint density at radius 1 is 1.14 bits per heavy atom. The summed E-state index contributed by atoms with van der Waals surface area (Å²) in [4.78, 5) is 37.0. The number of amides is 1. The number of nitrogens with one attached hydrogen (secondary N) is 1. The fourth-order valence-corrected chi connectivity index (χ4v) is 3.29. The van der Waals surface area contributed by atoms with Gasteiger partial charge in [0.2, 0.25) is 0 Å². The van der Waals surface area contributed by atoms with E-state index >= 15 is 0 Å². The Kier molecular flexibility index (Phi) is 7.95. The molecule has 28 heavy (non-hydrogen) atoms. The van der Waals surface area contributed by atoms with Crippen molar-refractivity contribution in [1.82, 2.24) is 0 Å². The minimum atomic E-state index is -0.626. The Morgan fingerprint density at radius 3 is 2.50 bits per heavy atom. The number of carbonyl (C=O) groups excluding carboxylic acids is 3. The summed E-state index contributed by atoms with van der Waals surface area (Å²) in [5.41, 5.74) is 1.15. The number of hydrogen-bond acceptors (Lipinski definition) is 6. The van der Waals surface area contributed by atoms with Gasteiger partial charge in [0.1, 0.15) is 5.00 Å². The van der Waals surface area contributed by atoms with E-state index in [4.69, 9.17) is 9.47 Å². The number of ether oxygens (including phenoxy) is 2. The molecule has 0 fully saturated rings. The van der Waals surface area contributed by atoms with E-state index in [1.165, 1.54) is 17.4 Å². The van der Waals surface area contributed by atoms with Crippen LogP contribution in [-0.4, -0.2) is 31.1 Å². The minimum absolute atomic E-state index is 0.199. The normalized spacial score (nSPS) is 10.9. The van der Waals surface area contributed by atoms with Crippen LogP contribution >= 0.6 is 11.3 Å². The molecule has 148 valence electrons. The van der Waals surface area contributed by atoms with Crippen LogP contribution in [0.25, 0.3) is 6.08 Å². The van der Waals surface area contributed by atoms with E-state index in [0.29, 0.717) is 10.6 Å². The highest BCUT2D eigenvalue weighted by molar-refractivity contribution is 7.16. The summed E-state index contributed by atoms with van der Waals surface area (Å²) in [5.74, 6) is -1.45. The third-order valence-corrected chi connectivity index (χ3v) is 4.98. The minimum Gasteiger partial charge on any atom is -0.462 e. The number of esters is 2. The van der Waals surface area contributed by atoms with Crippen molar-refractivity contribution in [2.75, 3.05) is 18.5 Å². The van der Waals surface area contributed by atoms with Crippen molar-refractivity contribution in [3.05, 3.63) is 58.5 Å². The van der Waals surface area contributed by atoms with Crippen LogP contribution in [0.1, 0.15) is 47.5 Å². The summed E-state index contributed by atoms with van der Waals surface area (Å²) in [6.07, 6.45) is 2.86. The summed E-state index contributed by atoms with van der Waals surface area (Å²) in [5, 5.41) is 3.02. The van der Waals surface area contributed by atoms with E-state index in [1.807, 2.05) is 44.2 Å². The number of thiophene rings is 1. The Hall–Kier alpha value is -2.93. The summed E-state index contributed by atoms with van der Waals surface area (Å²) in [7, 11) is 0. The zero-order valence-electron chi connectivity index (χ0n) is 16.1. The molecule has 1 aromatic heterocycles. The van der Waals surface area contributed by atoms with Gasteiger partial charge in [0.15, 0.2) is 6.61 Å². The van der Waals surface area contributed by atoms with Crippen LogP contribution in [0.4, 0.5) is 5.00 Å². The van der Waals surface area contributed by atoms with Crippen LogP contribution in [0.15, 0.2) is 42.5 Å². The van der Waals surface area contributed by atoms with E-state index in [9.17, 15) is 14.4 Å². The SMILES string of the molecule is CCOC(=O)c1cc(C(C)C)sc1NC(=O)COC(=O)/C=C/c1ccccc1. The van der Waals surface area contributed by atoms with Gasteiger partial charge >= 0.3 is 11.9 Å². The summed E-state index contributed by atoms with van der Waals surface area (Å²) < 4.78 is 9.99. The molecule has 1 N–H and O–H groups in total. The molecular formula is C21H23NO5S. The summed E-state index contributed by atoms with van der Waals surface area (Å²) in [6.45, 7) is 5.49. The Morgan fingerprint density at radius 2 is 1.86 bits per heavy atom. The number of benzene rings is 1. The van der Waals surface area contributed by atoms with Crippen LogP contribution in [0.2, 0.25) is 0 Å². The van der Waals surface area contributed by atoms with Crippen LogP contribution < -0.4 is 5.32 Å². The quantitative estimate of drug-likeness (QED) is 0.528. The standard InChI is InChI=1S/C21H23NO5S/c1-4-26-21(25)16-12-17(14(2)3)28-20(16)22-18(23)13-27-19(24)11-10-15-8-6-5-7-9-15/h5-12,14H,4,13H2,1-3H3,(H,22,23)/b11-10+. The highest BCUT2D eigenvalue weighted by Gasteiger charge is 2.20. The van der Waals surface area contributed by atoms with Gasteiger partial charge < -0.3 is 14.8 Å². The lowest BCUT2D eigenvalue weighted by Gasteiger charge is -2.06. The van der Waals surface area contributed by atoms with Gasteiger partial charge in [-0.05, 0) is 30.5 Å². The fourth-order valence-electron chi connectivity index (χ4n) is 2.22. The van der Waals surface area contributed by atoms with Gasteiger partial charge in [-0.15, -0.1) is 11.3 Å². The van der Waals surface area contributed by atoms with Crippen molar-refractivity contribution in [3.8, 4) is 0 Å². The zero-order valence-corrected chi connectivity index (χ0v) is 16.9. The van der Waals surface area contributed by atoms with Gasteiger partial charge in [0, 0.05) is 11.0 Å². The molecule has 0 radical (unpaired) electrons. The molecule has 0 aliphatic heterocycles. The smallest absolute Gasteiger partial charge is 0.341 e. The Bertz CT molecular complexity index is 855. The second-order valence-electron chi connectivity index (χ2n) is 6.17. The van der Waals surface area contributed by atoms with Crippen LogP contribution in [0, 0.1) is 0 Å². The average Bonchev–Trinajstić information content (AvgIpc) is 3.10. The molecular weight excluding hydrogens is 378 g/mol. The van der Waals surface area contributed by atoms with Crippen molar-refractivity contribution in [3.63, 3.8) is 0 Å². The zero-order chi connectivity index (χ0) is 20.5. The summed E-state index contributed by atoms with van der Waals surface area (Å²) in [6, 6.07) is 11.0. The first-order valence-corrected chi connectivity index (χ1v) is 9.73. The molecule has 0 atom stereocenters. The van der Waals surface area contributed by atoms with Gasteiger partial charge in [0.25, 0.3) is 5.91 Å². The van der Waals surface area contributed by atoms with Crippen LogP contribution in [-0.2, 0) is 19.1 Å². The van der Waals surface area contributed by atoms with Crippen molar-refractivity contribution in [2.45, 2.75) is 26.7 Å². The van der Waals surface area contributed by atoms with Crippen molar-refractivity contribution < 1.29 is 23.9 Å². The van der Waals surface area contributed by atoms with Crippen molar-refractivity contribution in [2.24, 2.45) is 0 Å².